The van der Waals surface area contributed by atoms with Crippen LogP contribution in [0.2, 0.25) is 0 Å². The van der Waals surface area contributed by atoms with E-state index in [0.29, 0.717) is 17.5 Å². The third kappa shape index (κ3) is 5.61. The fourth-order valence-electron chi connectivity index (χ4n) is 9.95. The van der Waals surface area contributed by atoms with E-state index in [9.17, 15) is 0 Å². The van der Waals surface area contributed by atoms with Crippen molar-refractivity contribution < 1.29 is 4.42 Å². The Bertz CT molecular complexity index is 4260. The average Bonchev–Trinajstić information content (AvgIpc) is 4.04. The van der Waals surface area contributed by atoms with Gasteiger partial charge in [-0.2, -0.15) is 0 Å². The molecule has 65 heavy (non-hydrogen) atoms. The number of aromatic nitrogens is 4. The lowest BCUT2D eigenvalue weighted by Gasteiger charge is -2.15. The number of rotatable bonds is 5. The Morgan fingerprint density at radius 3 is 1.91 bits per heavy atom. The molecule has 5 nitrogen and oxygen atoms in total. The van der Waals surface area contributed by atoms with Gasteiger partial charge >= 0.3 is 0 Å². The number of nitrogens with zero attached hydrogens (tertiary/aromatic N) is 4. The van der Waals surface area contributed by atoms with Crippen LogP contribution in [-0.2, 0) is 0 Å². The molecular weight excluding hydrogens is 813 g/mol. The third-order valence-electron chi connectivity index (χ3n) is 13.0. The highest BCUT2D eigenvalue weighted by Gasteiger charge is 2.24. The second-order valence-corrected chi connectivity index (χ2v) is 17.8. The first-order chi connectivity index (χ1) is 32.2. The van der Waals surface area contributed by atoms with Crippen LogP contribution in [0, 0.1) is 0 Å². The molecule has 6 heteroatoms. The second kappa shape index (κ2) is 14.0. The highest BCUT2D eigenvalue weighted by atomic mass is 32.1. The molecule has 14 aromatic rings. The molecule has 0 saturated carbocycles. The first-order valence-corrected chi connectivity index (χ1v) is 22.7. The van der Waals surface area contributed by atoms with Crippen molar-refractivity contribution in [2.24, 2.45) is 0 Å². The minimum Gasteiger partial charge on any atom is -0.455 e. The fraction of sp³-hybridized carbons (Fsp3) is 0. The van der Waals surface area contributed by atoms with Gasteiger partial charge in [0.05, 0.1) is 16.7 Å². The van der Waals surface area contributed by atoms with Gasteiger partial charge in [0.2, 0.25) is 0 Å². The summed E-state index contributed by atoms with van der Waals surface area (Å²) in [6.07, 6.45) is 0. The summed E-state index contributed by atoms with van der Waals surface area (Å²) in [6, 6.07) is 73.3. The second-order valence-electron chi connectivity index (χ2n) is 16.7. The summed E-state index contributed by atoms with van der Waals surface area (Å²) in [6.45, 7) is 0. The van der Waals surface area contributed by atoms with Crippen LogP contribution in [-0.4, -0.2) is 19.5 Å². The molecule has 0 atom stereocenters. The van der Waals surface area contributed by atoms with E-state index >= 15 is 0 Å². The lowest BCUT2D eigenvalue weighted by molar-refractivity contribution is 0.672. The van der Waals surface area contributed by atoms with Crippen molar-refractivity contribution in [3.8, 4) is 51.0 Å². The van der Waals surface area contributed by atoms with Crippen LogP contribution in [0.4, 0.5) is 0 Å². The summed E-state index contributed by atoms with van der Waals surface area (Å²) in [7, 11) is 0. The Morgan fingerprint density at radius 2 is 1.03 bits per heavy atom. The van der Waals surface area contributed by atoms with Crippen molar-refractivity contribution in [3.05, 3.63) is 206 Å². The largest absolute Gasteiger partial charge is 0.455 e. The molecule has 0 saturated heterocycles. The van der Waals surface area contributed by atoms with E-state index < -0.39 is 0 Å². The van der Waals surface area contributed by atoms with Gasteiger partial charge in [0.1, 0.15) is 11.2 Å². The number of para-hydroxylation sites is 1. The normalized spacial score (nSPS) is 12.0. The number of hydrogen-bond donors (Lipinski definition) is 0. The predicted octanol–water partition coefficient (Wildman–Crippen LogP) is 16.2. The standard InChI is InChI=1S/C59H34N4OS/c1-2-14-35(15-3-1)37-19-12-20-40(30-37)57-60-58(46-25-13-24-45-43-23-9-11-27-54(43)65-56(45)46)62-59(61-57)49-34-53-48(44-29-28-36-16-6-7-21-41(36)55(44)64-53)33-52(49)63-50-26-10-8-22-42(50)47-31-38-17-4-5-18-39(38)32-51(47)63/h1-34H. The highest BCUT2D eigenvalue weighted by molar-refractivity contribution is 7.26. The quantitative estimate of drug-likeness (QED) is 0.173. The van der Waals surface area contributed by atoms with Gasteiger partial charge in [-0.05, 0) is 81.9 Å². The maximum atomic E-state index is 6.94. The Hall–Kier alpha value is -8.45. The molecule has 302 valence electrons. The summed E-state index contributed by atoms with van der Waals surface area (Å²) in [5, 5.41) is 11.4. The molecule has 4 aromatic heterocycles. The van der Waals surface area contributed by atoms with Crippen molar-refractivity contribution in [1.82, 2.24) is 19.5 Å². The van der Waals surface area contributed by atoms with E-state index in [-0.39, 0.29) is 0 Å². The molecule has 0 fully saturated rings. The van der Waals surface area contributed by atoms with Crippen LogP contribution in [0.15, 0.2) is 211 Å². The maximum absolute atomic E-state index is 6.94. The summed E-state index contributed by atoms with van der Waals surface area (Å²) in [5.41, 5.74) is 9.70. The van der Waals surface area contributed by atoms with E-state index in [0.717, 1.165) is 81.9 Å². The molecule has 4 heterocycles. The smallest absolute Gasteiger partial charge is 0.166 e. The molecule has 0 spiro atoms. The summed E-state index contributed by atoms with van der Waals surface area (Å²) in [5.74, 6) is 1.76. The molecule has 0 bridgehead atoms. The number of fused-ring (bicyclic) bond motifs is 12. The molecular formula is C59H34N4OS. The van der Waals surface area contributed by atoms with Crippen molar-refractivity contribution in [3.63, 3.8) is 0 Å². The molecule has 10 aromatic carbocycles. The number of thiophene rings is 1. The summed E-state index contributed by atoms with van der Waals surface area (Å²) >= 11 is 1.78. The van der Waals surface area contributed by atoms with Gasteiger partial charge in [-0.15, -0.1) is 11.3 Å². The minimum absolute atomic E-state index is 0.558. The Morgan fingerprint density at radius 1 is 0.369 bits per heavy atom. The summed E-state index contributed by atoms with van der Waals surface area (Å²) in [4.78, 5) is 16.4. The Kier molecular flexibility index (Phi) is 7.79. The topological polar surface area (TPSA) is 56.7 Å². The summed E-state index contributed by atoms with van der Waals surface area (Å²) < 4.78 is 11.7. The fourth-order valence-corrected chi connectivity index (χ4v) is 11.2. The van der Waals surface area contributed by atoms with Crippen molar-refractivity contribution in [2.45, 2.75) is 0 Å². The molecule has 0 radical (unpaired) electrons. The lowest BCUT2D eigenvalue weighted by atomic mass is 10.0. The van der Waals surface area contributed by atoms with Crippen LogP contribution in [0.1, 0.15) is 0 Å². The number of benzene rings is 10. The molecule has 0 aliphatic heterocycles. The Balaban J connectivity index is 1.11. The molecule has 0 aliphatic carbocycles. The number of furan rings is 1. The van der Waals surface area contributed by atoms with Crippen LogP contribution in [0.25, 0.3) is 136 Å². The third-order valence-corrected chi connectivity index (χ3v) is 14.2. The van der Waals surface area contributed by atoms with Gasteiger partial charge in [-0.25, -0.2) is 15.0 Å². The van der Waals surface area contributed by atoms with Gasteiger partial charge in [-0.1, -0.05) is 152 Å². The zero-order valence-corrected chi connectivity index (χ0v) is 35.6. The maximum Gasteiger partial charge on any atom is 0.166 e. The van der Waals surface area contributed by atoms with Gasteiger partial charge in [0.15, 0.2) is 17.5 Å². The Labute approximate surface area is 376 Å². The predicted molar refractivity (Wildman–Crippen MR) is 271 cm³/mol. The van der Waals surface area contributed by atoms with Gasteiger partial charge in [0.25, 0.3) is 0 Å². The first kappa shape index (κ1) is 36.1. The molecule has 14 rings (SSSR count). The van der Waals surface area contributed by atoms with Gasteiger partial charge in [0, 0.05) is 63.8 Å². The zero-order chi connectivity index (χ0) is 42.6. The van der Waals surface area contributed by atoms with Gasteiger partial charge in [-0.3, -0.25) is 0 Å². The highest BCUT2D eigenvalue weighted by Crippen LogP contribution is 2.44. The molecule has 0 N–H and O–H groups in total. The lowest BCUT2D eigenvalue weighted by Crippen LogP contribution is -2.04. The number of hydrogen-bond acceptors (Lipinski definition) is 5. The van der Waals surface area contributed by atoms with Crippen LogP contribution >= 0.6 is 11.3 Å². The molecule has 0 unspecified atom stereocenters. The van der Waals surface area contributed by atoms with E-state index in [2.05, 4.69) is 205 Å². The van der Waals surface area contributed by atoms with Crippen molar-refractivity contribution in [1.29, 1.82) is 0 Å². The van der Waals surface area contributed by atoms with E-state index in [1.54, 1.807) is 11.3 Å². The van der Waals surface area contributed by atoms with Crippen molar-refractivity contribution >= 4 is 96.8 Å². The first-order valence-electron chi connectivity index (χ1n) is 21.8. The SMILES string of the molecule is c1ccc(-c2cccc(-c3nc(-c4cc5oc6c7ccccc7ccc6c5cc4-n4c5ccccc5c5cc6ccccc6cc54)nc(-c4cccc5c4sc4ccccc45)n3)c2)cc1. The molecule has 0 aliphatic rings. The van der Waals surface area contributed by atoms with E-state index in [1.165, 1.54) is 37.0 Å². The van der Waals surface area contributed by atoms with E-state index in [4.69, 9.17) is 19.4 Å². The minimum atomic E-state index is 0.558. The van der Waals surface area contributed by atoms with Crippen LogP contribution < -0.4 is 0 Å². The van der Waals surface area contributed by atoms with E-state index in [1.807, 2.05) is 6.07 Å². The van der Waals surface area contributed by atoms with Crippen LogP contribution in [0.3, 0.4) is 0 Å². The van der Waals surface area contributed by atoms with Crippen molar-refractivity contribution in [2.75, 3.05) is 0 Å². The van der Waals surface area contributed by atoms with Gasteiger partial charge < -0.3 is 8.98 Å². The van der Waals surface area contributed by atoms with Crippen LogP contribution in [0.5, 0.6) is 0 Å². The monoisotopic (exact) mass is 846 g/mol. The zero-order valence-electron chi connectivity index (χ0n) is 34.7. The molecule has 0 amide bonds. The average molecular weight is 847 g/mol.